The van der Waals surface area contributed by atoms with Gasteiger partial charge in [0.15, 0.2) is 0 Å². The molecule has 0 spiro atoms. The lowest BCUT2D eigenvalue weighted by atomic mass is 9.89. The lowest BCUT2D eigenvalue weighted by molar-refractivity contribution is 0.282. The van der Waals surface area contributed by atoms with E-state index in [1.54, 1.807) is 0 Å². The first-order chi connectivity index (χ1) is 14.3. The molecule has 1 nitrogen and oxygen atoms in total. The van der Waals surface area contributed by atoms with E-state index < -0.39 is 0 Å². The molecule has 0 aromatic heterocycles. The topological polar surface area (TPSA) is 20.2 Å². The summed E-state index contributed by atoms with van der Waals surface area (Å²) in [4.78, 5) is 0. The third-order valence-corrected chi connectivity index (χ3v) is 6.70. The molecule has 0 radical (unpaired) electrons. The van der Waals surface area contributed by atoms with Crippen molar-refractivity contribution in [2.75, 3.05) is 6.61 Å². The normalized spacial score (nSPS) is 12.5. The molecule has 0 aromatic rings. The molecule has 1 atom stereocenters. The summed E-state index contributed by atoms with van der Waals surface area (Å²) in [6, 6.07) is 0. The van der Waals surface area contributed by atoms with Crippen molar-refractivity contribution in [1.29, 1.82) is 0 Å². The maximum absolute atomic E-state index is 8.83. The molecule has 0 rings (SSSR count). The molecule has 176 valence electrons. The predicted molar refractivity (Wildman–Crippen MR) is 133 cm³/mol. The maximum atomic E-state index is 8.83. The Morgan fingerprint density at radius 1 is 0.379 bits per heavy atom. The lowest BCUT2D eigenvalue weighted by Crippen LogP contribution is -2.01. The van der Waals surface area contributed by atoms with Crippen molar-refractivity contribution in [3.63, 3.8) is 0 Å². The van der Waals surface area contributed by atoms with E-state index in [1.807, 2.05) is 0 Å². The molecule has 1 N–H and O–H groups in total. The summed E-state index contributed by atoms with van der Waals surface area (Å²) in [7, 11) is 0. The molecule has 0 fully saturated rings. The summed E-state index contributed by atoms with van der Waals surface area (Å²) in [6.45, 7) is 5.00. The molecule has 0 bridgehead atoms. The second-order valence-electron chi connectivity index (χ2n) is 9.67. The van der Waals surface area contributed by atoms with Crippen molar-refractivity contribution in [2.24, 2.45) is 5.92 Å². The van der Waals surface area contributed by atoms with Crippen LogP contribution >= 0.6 is 0 Å². The molecular weight excluding hydrogens is 352 g/mol. The summed E-state index contributed by atoms with van der Waals surface area (Å²) < 4.78 is 0. The standard InChI is InChI=1S/C28H58O/c1-3-5-7-9-13-17-21-25-28(24-20-16-10-8-6-4-2)26-22-18-14-11-12-15-19-23-27-29/h28-29H,3-27H2,1-2H3. The van der Waals surface area contributed by atoms with Gasteiger partial charge in [0.1, 0.15) is 0 Å². The van der Waals surface area contributed by atoms with Gasteiger partial charge in [-0.3, -0.25) is 0 Å². The van der Waals surface area contributed by atoms with E-state index >= 15 is 0 Å². The monoisotopic (exact) mass is 410 g/mol. The number of unbranched alkanes of at least 4 members (excludes halogenated alkanes) is 18. The average Bonchev–Trinajstić information content (AvgIpc) is 2.73. The van der Waals surface area contributed by atoms with E-state index in [-0.39, 0.29) is 0 Å². The first kappa shape index (κ1) is 29.0. The highest BCUT2D eigenvalue weighted by molar-refractivity contribution is 4.62. The third kappa shape index (κ3) is 24.1. The fourth-order valence-corrected chi connectivity index (χ4v) is 4.64. The molecular formula is C28H58O. The minimum Gasteiger partial charge on any atom is -0.396 e. The zero-order valence-corrected chi connectivity index (χ0v) is 20.7. The van der Waals surface area contributed by atoms with Crippen LogP contribution in [0.15, 0.2) is 0 Å². The van der Waals surface area contributed by atoms with Gasteiger partial charge >= 0.3 is 0 Å². The van der Waals surface area contributed by atoms with Crippen molar-refractivity contribution in [2.45, 2.75) is 168 Å². The van der Waals surface area contributed by atoms with Crippen LogP contribution in [0.5, 0.6) is 0 Å². The van der Waals surface area contributed by atoms with E-state index in [0.717, 1.165) is 12.3 Å². The lowest BCUT2D eigenvalue weighted by Gasteiger charge is -2.17. The van der Waals surface area contributed by atoms with E-state index in [2.05, 4.69) is 13.8 Å². The number of rotatable bonds is 25. The maximum Gasteiger partial charge on any atom is 0.0431 e. The Morgan fingerprint density at radius 3 is 0.966 bits per heavy atom. The van der Waals surface area contributed by atoms with Crippen LogP contribution in [0, 0.1) is 5.92 Å². The van der Waals surface area contributed by atoms with Gasteiger partial charge in [0, 0.05) is 6.61 Å². The van der Waals surface area contributed by atoms with Crippen molar-refractivity contribution < 1.29 is 5.11 Å². The Labute approximate surface area is 185 Å². The van der Waals surface area contributed by atoms with E-state index in [9.17, 15) is 0 Å². The smallest absolute Gasteiger partial charge is 0.0431 e. The Kier molecular flexibility index (Phi) is 26.0. The van der Waals surface area contributed by atoms with Crippen molar-refractivity contribution in [3.8, 4) is 0 Å². The molecule has 29 heavy (non-hydrogen) atoms. The van der Waals surface area contributed by atoms with E-state index in [4.69, 9.17) is 5.11 Å². The quantitative estimate of drug-likeness (QED) is 0.148. The summed E-state index contributed by atoms with van der Waals surface area (Å²) in [5.74, 6) is 1.02. The Morgan fingerprint density at radius 2 is 0.655 bits per heavy atom. The summed E-state index contributed by atoms with van der Waals surface area (Å²) in [5.41, 5.74) is 0. The molecule has 0 heterocycles. The van der Waals surface area contributed by atoms with Crippen molar-refractivity contribution in [1.82, 2.24) is 0 Å². The van der Waals surface area contributed by atoms with Crippen LogP contribution in [0.2, 0.25) is 0 Å². The van der Waals surface area contributed by atoms with Crippen LogP contribution in [0.1, 0.15) is 168 Å². The Hall–Kier alpha value is -0.0400. The van der Waals surface area contributed by atoms with Crippen LogP contribution in [0.25, 0.3) is 0 Å². The molecule has 0 amide bonds. The van der Waals surface area contributed by atoms with Crippen molar-refractivity contribution >= 4 is 0 Å². The summed E-state index contributed by atoms with van der Waals surface area (Å²) >= 11 is 0. The van der Waals surface area contributed by atoms with Crippen LogP contribution < -0.4 is 0 Å². The molecule has 0 saturated carbocycles. The van der Waals surface area contributed by atoms with Crippen molar-refractivity contribution in [3.05, 3.63) is 0 Å². The summed E-state index contributed by atoms with van der Waals surface area (Å²) in [5, 5.41) is 8.83. The Balaban J connectivity index is 3.78. The highest BCUT2D eigenvalue weighted by atomic mass is 16.2. The zero-order valence-electron chi connectivity index (χ0n) is 20.7. The van der Waals surface area contributed by atoms with Gasteiger partial charge < -0.3 is 5.11 Å². The molecule has 1 heteroatoms. The fraction of sp³-hybridized carbons (Fsp3) is 1.00. The van der Waals surface area contributed by atoms with Crippen LogP contribution in [-0.2, 0) is 0 Å². The molecule has 0 aromatic carbocycles. The van der Waals surface area contributed by atoms with Gasteiger partial charge in [0.05, 0.1) is 0 Å². The number of aliphatic hydroxyl groups is 1. The average molecular weight is 411 g/mol. The molecule has 0 aliphatic carbocycles. The predicted octanol–water partition coefficient (Wildman–Crippen LogP) is 10.00. The van der Waals surface area contributed by atoms with Crippen LogP contribution in [0.4, 0.5) is 0 Å². The summed E-state index contributed by atoms with van der Waals surface area (Å²) in [6.07, 6.45) is 34.0. The minimum atomic E-state index is 0.374. The highest BCUT2D eigenvalue weighted by Crippen LogP contribution is 2.25. The van der Waals surface area contributed by atoms with Gasteiger partial charge in [-0.25, -0.2) is 0 Å². The Bertz CT molecular complexity index is 275. The van der Waals surface area contributed by atoms with E-state index in [0.29, 0.717) is 6.61 Å². The third-order valence-electron chi connectivity index (χ3n) is 6.70. The van der Waals surface area contributed by atoms with E-state index in [1.165, 1.54) is 148 Å². The largest absolute Gasteiger partial charge is 0.396 e. The van der Waals surface area contributed by atoms with Gasteiger partial charge in [-0.15, -0.1) is 0 Å². The van der Waals surface area contributed by atoms with Crippen LogP contribution in [0.3, 0.4) is 0 Å². The van der Waals surface area contributed by atoms with Gasteiger partial charge in [-0.05, 0) is 12.3 Å². The van der Waals surface area contributed by atoms with Gasteiger partial charge in [0.2, 0.25) is 0 Å². The highest BCUT2D eigenvalue weighted by Gasteiger charge is 2.08. The van der Waals surface area contributed by atoms with Gasteiger partial charge in [0.25, 0.3) is 0 Å². The minimum absolute atomic E-state index is 0.374. The SMILES string of the molecule is CCCCCCCCCC(CCCCCCCC)CCCCCCCCCCO. The van der Waals surface area contributed by atoms with Gasteiger partial charge in [-0.1, -0.05) is 162 Å². The molecule has 0 aliphatic rings. The second kappa shape index (κ2) is 26.0. The zero-order chi connectivity index (χ0) is 21.3. The van der Waals surface area contributed by atoms with Crippen LogP contribution in [-0.4, -0.2) is 11.7 Å². The fourth-order valence-electron chi connectivity index (χ4n) is 4.64. The molecule has 0 aliphatic heterocycles. The molecule has 1 unspecified atom stereocenters. The first-order valence-electron chi connectivity index (χ1n) is 14.0. The number of hydrogen-bond acceptors (Lipinski definition) is 1. The molecule has 0 saturated heterocycles. The first-order valence-corrected chi connectivity index (χ1v) is 14.0. The number of hydrogen-bond donors (Lipinski definition) is 1. The number of aliphatic hydroxyl groups excluding tert-OH is 1. The van der Waals surface area contributed by atoms with Gasteiger partial charge in [-0.2, -0.15) is 0 Å². The second-order valence-corrected chi connectivity index (χ2v) is 9.67.